The molecule has 0 saturated heterocycles. The summed E-state index contributed by atoms with van der Waals surface area (Å²) in [4.78, 5) is 14.7. The summed E-state index contributed by atoms with van der Waals surface area (Å²) < 4.78 is 0. The lowest BCUT2D eigenvalue weighted by Gasteiger charge is -2.39. The van der Waals surface area contributed by atoms with Crippen LogP contribution in [0.3, 0.4) is 0 Å². The monoisotopic (exact) mass is 251 g/mol. The first-order valence-electron chi connectivity index (χ1n) is 7.39. The van der Waals surface area contributed by atoms with Gasteiger partial charge >= 0.3 is 0 Å². The molecule has 18 heavy (non-hydrogen) atoms. The van der Waals surface area contributed by atoms with Crippen molar-refractivity contribution in [3.63, 3.8) is 0 Å². The molecule has 0 bridgehead atoms. The Morgan fingerprint density at radius 3 is 2.61 bits per heavy atom. The average molecular weight is 251 g/mol. The van der Waals surface area contributed by atoms with Gasteiger partial charge in [-0.05, 0) is 32.1 Å². The van der Waals surface area contributed by atoms with Crippen molar-refractivity contribution in [3.05, 3.63) is 11.8 Å². The summed E-state index contributed by atoms with van der Waals surface area (Å²) in [5.41, 5.74) is 1.09. The number of ketones is 1. The van der Waals surface area contributed by atoms with Gasteiger partial charge in [0.05, 0.1) is 0 Å². The van der Waals surface area contributed by atoms with Gasteiger partial charge in [-0.2, -0.15) is 0 Å². The van der Waals surface area contributed by atoms with Crippen molar-refractivity contribution < 1.29 is 4.79 Å². The maximum Gasteiger partial charge on any atom is 0.160 e. The van der Waals surface area contributed by atoms with E-state index in [0.29, 0.717) is 11.8 Å². The minimum absolute atomic E-state index is 0.0503. The third-order valence-corrected chi connectivity index (χ3v) is 3.99. The van der Waals surface area contributed by atoms with Crippen molar-refractivity contribution in [2.45, 2.75) is 72.8 Å². The van der Waals surface area contributed by atoms with Gasteiger partial charge in [0.1, 0.15) is 0 Å². The molecular weight excluding hydrogens is 222 g/mol. The van der Waals surface area contributed by atoms with Crippen molar-refractivity contribution >= 4 is 5.78 Å². The maximum absolute atomic E-state index is 12.4. The molecule has 0 N–H and O–H groups in total. The van der Waals surface area contributed by atoms with Crippen LogP contribution < -0.4 is 0 Å². The van der Waals surface area contributed by atoms with E-state index in [9.17, 15) is 4.79 Å². The second-order valence-electron chi connectivity index (χ2n) is 6.39. The maximum atomic E-state index is 12.4. The van der Waals surface area contributed by atoms with E-state index in [0.717, 1.165) is 37.8 Å². The van der Waals surface area contributed by atoms with Crippen LogP contribution in [-0.2, 0) is 4.79 Å². The molecule has 104 valence electrons. The molecule has 2 heteroatoms. The molecule has 0 unspecified atom stereocenters. The topological polar surface area (TPSA) is 20.3 Å². The van der Waals surface area contributed by atoms with E-state index in [1.165, 1.54) is 6.42 Å². The first kappa shape index (κ1) is 15.3. The number of hydrogen-bond donors (Lipinski definition) is 0. The first-order valence-corrected chi connectivity index (χ1v) is 7.39. The number of carbonyl (C=O) groups is 1. The molecular formula is C16H29NO. The van der Waals surface area contributed by atoms with Gasteiger partial charge in [-0.3, -0.25) is 4.79 Å². The van der Waals surface area contributed by atoms with Crippen molar-refractivity contribution in [2.75, 3.05) is 6.54 Å². The number of unbranched alkanes of at least 4 members (excludes halogenated alkanes) is 2. The molecule has 0 spiro atoms. The van der Waals surface area contributed by atoms with Gasteiger partial charge in [0, 0.05) is 30.8 Å². The Hall–Kier alpha value is -0.790. The first-order chi connectivity index (χ1) is 8.38. The molecule has 0 aromatic carbocycles. The summed E-state index contributed by atoms with van der Waals surface area (Å²) in [6, 6.07) is 0.486. The molecule has 0 aromatic rings. The molecule has 0 aliphatic carbocycles. The molecule has 1 aliphatic rings. The summed E-state index contributed by atoms with van der Waals surface area (Å²) in [5, 5.41) is 0. The highest BCUT2D eigenvalue weighted by atomic mass is 16.1. The van der Waals surface area contributed by atoms with Crippen LogP contribution in [-0.4, -0.2) is 23.3 Å². The Morgan fingerprint density at radius 2 is 2.06 bits per heavy atom. The normalized spacial score (nSPS) is 19.0. The minimum Gasteiger partial charge on any atom is -0.375 e. The second-order valence-corrected chi connectivity index (χ2v) is 6.39. The lowest BCUT2D eigenvalue weighted by atomic mass is 9.76. The Labute approximate surface area is 112 Å². The molecule has 0 aromatic heterocycles. The zero-order valence-electron chi connectivity index (χ0n) is 12.8. The van der Waals surface area contributed by atoms with Crippen LogP contribution in [0, 0.1) is 5.41 Å². The molecule has 0 radical (unpaired) electrons. The Morgan fingerprint density at radius 1 is 1.39 bits per heavy atom. The van der Waals surface area contributed by atoms with E-state index >= 15 is 0 Å². The van der Waals surface area contributed by atoms with Crippen molar-refractivity contribution in [1.82, 2.24) is 4.90 Å². The van der Waals surface area contributed by atoms with Crippen LogP contribution in [0.1, 0.15) is 66.7 Å². The quantitative estimate of drug-likeness (QED) is 0.661. The fraction of sp³-hybridized carbons (Fsp3) is 0.812. The average Bonchev–Trinajstić information content (AvgIpc) is 2.28. The fourth-order valence-corrected chi connectivity index (χ4v) is 2.48. The highest BCUT2D eigenvalue weighted by molar-refractivity contribution is 5.96. The Kier molecular flexibility index (Phi) is 5.43. The SMILES string of the molecule is CCCCCC(=O)C1=CN(C(C)C)CCC1(C)C. The summed E-state index contributed by atoms with van der Waals surface area (Å²) in [6.07, 6.45) is 7.29. The summed E-state index contributed by atoms with van der Waals surface area (Å²) >= 11 is 0. The van der Waals surface area contributed by atoms with Gasteiger partial charge in [-0.15, -0.1) is 0 Å². The summed E-state index contributed by atoms with van der Waals surface area (Å²) in [5.74, 6) is 0.360. The molecule has 0 atom stereocenters. The van der Waals surface area contributed by atoms with Crippen LogP contribution in [0.2, 0.25) is 0 Å². The largest absolute Gasteiger partial charge is 0.375 e. The van der Waals surface area contributed by atoms with Gasteiger partial charge in [0.25, 0.3) is 0 Å². The highest BCUT2D eigenvalue weighted by Gasteiger charge is 2.32. The third kappa shape index (κ3) is 3.86. The van der Waals surface area contributed by atoms with Crippen LogP contribution >= 0.6 is 0 Å². The molecule has 2 nitrogen and oxygen atoms in total. The number of Topliss-reactive ketones (excluding diaryl/α,β-unsaturated/α-hetero) is 1. The zero-order valence-corrected chi connectivity index (χ0v) is 12.8. The van der Waals surface area contributed by atoms with Crippen molar-refractivity contribution in [1.29, 1.82) is 0 Å². The molecule has 0 amide bonds. The smallest absolute Gasteiger partial charge is 0.160 e. The Bertz CT molecular complexity index is 315. The summed E-state index contributed by atoms with van der Waals surface area (Å²) in [7, 11) is 0. The van der Waals surface area contributed by atoms with Gasteiger partial charge < -0.3 is 4.90 Å². The standard InChI is InChI=1S/C16H29NO/c1-6-7-8-9-15(18)14-12-17(13(2)3)11-10-16(14,4)5/h12-13H,6-11H2,1-5H3. The van der Waals surface area contributed by atoms with Crippen LogP contribution in [0.4, 0.5) is 0 Å². The lowest BCUT2D eigenvalue weighted by Crippen LogP contribution is -2.38. The number of carbonyl (C=O) groups excluding carboxylic acids is 1. The van der Waals surface area contributed by atoms with Gasteiger partial charge in [-0.25, -0.2) is 0 Å². The predicted molar refractivity (Wildman–Crippen MR) is 77.5 cm³/mol. The summed E-state index contributed by atoms with van der Waals surface area (Å²) in [6.45, 7) is 12.0. The zero-order chi connectivity index (χ0) is 13.8. The molecule has 1 aliphatic heterocycles. The fourth-order valence-electron chi connectivity index (χ4n) is 2.48. The Balaban J connectivity index is 2.76. The number of hydrogen-bond acceptors (Lipinski definition) is 2. The molecule has 1 rings (SSSR count). The minimum atomic E-state index is 0.0503. The second kappa shape index (κ2) is 6.40. The van der Waals surface area contributed by atoms with Crippen LogP contribution in [0.25, 0.3) is 0 Å². The van der Waals surface area contributed by atoms with E-state index in [4.69, 9.17) is 0 Å². The number of nitrogens with zero attached hydrogens (tertiary/aromatic N) is 1. The van der Waals surface area contributed by atoms with E-state index in [-0.39, 0.29) is 5.41 Å². The van der Waals surface area contributed by atoms with Crippen LogP contribution in [0.5, 0.6) is 0 Å². The third-order valence-electron chi connectivity index (χ3n) is 3.99. The van der Waals surface area contributed by atoms with E-state index in [2.05, 4.69) is 45.7 Å². The number of allylic oxidation sites excluding steroid dienone is 1. The van der Waals surface area contributed by atoms with E-state index in [1.807, 2.05) is 0 Å². The van der Waals surface area contributed by atoms with Gasteiger partial charge in [-0.1, -0.05) is 33.6 Å². The van der Waals surface area contributed by atoms with Crippen LogP contribution in [0.15, 0.2) is 11.8 Å². The van der Waals surface area contributed by atoms with E-state index in [1.54, 1.807) is 0 Å². The predicted octanol–water partition coefficient (Wildman–Crippen LogP) is 4.16. The molecule has 0 fully saturated rings. The van der Waals surface area contributed by atoms with Gasteiger partial charge in [0.15, 0.2) is 5.78 Å². The lowest BCUT2D eigenvalue weighted by molar-refractivity contribution is -0.117. The molecule has 0 saturated carbocycles. The van der Waals surface area contributed by atoms with Crippen molar-refractivity contribution in [3.8, 4) is 0 Å². The molecule has 1 heterocycles. The van der Waals surface area contributed by atoms with Crippen molar-refractivity contribution in [2.24, 2.45) is 5.41 Å². The van der Waals surface area contributed by atoms with Gasteiger partial charge in [0.2, 0.25) is 0 Å². The highest BCUT2D eigenvalue weighted by Crippen LogP contribution is 2.36. The number of rotatable bonds is 6. The van der Waals surface area contributed by atoms with E-state index < -0.39 is 0 Å².